The quantitative estimate of drug-likeness (QED) is 0.663. The molecule has 0 saturated heterocycles. The van der Waals surface area contributed by atoms with Crippen LogP contribution in [0.1, 0.15) is 30.0 Å². The van der Waals surface area contributed by atoms with E-state index in [1.807, 2.05) is 12.3 Å². The minimum Gasteiger partial charge on any atom is -0.337 e. The van der Waals surface area contributed by atoms with Gasteiger partial charge in [0.1, 0.15) is 0 Å². The van der Waals surface area contributed by atoms with Crippen molar-refractivity contribution < 1.29 is 4.79 Å². The number of nitrogens with zero attached hydrogens (tertiary/aromatic N) is 1. The first-order valence-electron chi connectivity index (χ1n) is 5.02. The molecule has 72 valence electrons. The SMILES string of the molecule is O=C1NCC2CCC=Cc3ccn1c32. The van der Waals surface area contributed by atoms with Gasteiger partial charge in [0, 0.05) is 24.4 Å². The van der Waals surface area contributed by atoms with E-state index >= 15 is 0 Å². The first-order chi connectivity index (χ1) is 6.86. The summed E-state index contributed by atoms with van der Waals surface area (Å²) in [4.78, 5) is 11.5. The summed E-state index contributed by atoms with van der Waals surface area (Å²) in [5.74, 6) is 0.493. The number of rotatable bonds is 0. The number of allylic oxidation sites excluding steroid dienone is 1. The zero-order valence-corrected chi connectivity index (χ0v) is 7.86. The van der Waals surface area contributed by atoms with Crippen LogP contribution in [0.3, 0.4) is 0 Å². The minimum atomic E-state index is 0.0119. The Kier molecular flexibility index (Phi) is 1.54. The highest BCUT2D eigenvalue weighted by Gasteiger charge is 2.27. The number of carbonyl (C=O) groups is 1. The van der Waals surface area contributed by atoms with Crippen molar-refractivity contribution >= 4 is 12.1 Å². The van der Waals surface area contributed by atoms with E-state index in [0.29, 0.717) is 5.92 Å². The van der Waals surface area contributed by atoms with Crippen LogP contribution in [0.2, 0.25) is 0 Å². The molecule has 3 nitrogen and oxygen atoms in total. The standard InChI is InChI=1S/C11H12N2O/c14-11-12-7-9-4-2-1-3-8-5-6-13(11)10(8)9/h1,3,5-6,9H,2,4,7H2,(H,12,14). The molecule has 1 aliphatic heterocycles. The van der Waals surface area contributed by atoms with Crippen LogP contribution in [0.25, 0.3) is 6.08 Å². The van der Waals surface area contributed by atoms with Gasteiger partial charge in [-0.25, -0.2) is 4.79 Å². The molecule has 3 rings (SSSR count). The van der Waals surface area contributed by atoms with Crippen LogP contribution < -0.4 is 5.32 Å². The van der Waals surface area contributed by atoms with Crippen molar-refractivity contribution in [3.05, 3.63) is 29.6 Å². The molecule has 1 amide bonds. The topological polar surface area (TPSA) is 34.0 Å². The van der Waals surface area contributed by atoms with Gasteiger partial charge in [-0.2, -0.15) is 0 Å². The second kappa shape index (κ2) is 2.74. The van der Waals surface area contributed by atoms with E-state index in [1.54, 1.807) is 4.57 Å². The molecular formula is C11H12N2O. The monoisotopic (exact) mass is 188 g/mol. The van der Waals surface area contributed by atoms with Crippen LogP contribution >= 0.6 is 0 Å². The first-order valence-corrected chi connectivity index (χ1v) is 5.02. The summed E-state index contributed by atoms with van der Waals surface area (Å²) in [5.41, 5.74) is 2.41. The molecule has 1 atom stereocenters. The Balaban J connectivity index is 2.21. The highest BCUT2D eigenvalue weighted by molar-refractivity contribution is 5.81. The molecule has 2 aliphatic rings. The Hall–Kier alpha value is -1.51. The molecular weight excluding hydrogens is 176 g/mol. The summed E-state index contributed by atoms with van der Waals surface area (Å²) in [6.07, 6.45) is 8.42. The van der Waals surface area contributed by atoms with E-state index in [4.69, 9.17) is 0 Å². The summed E-state index contributed by atoms with van der Waals surface area (Å²) >= 11 is 0. The molecule has 0 aromatic carbocycles. The fourth-order valence-corrected chi connectivity index (χ4v) is 2.35. The Labute approximate surface area is 82.4 Å². The summed E-state index contributed by atoms with van der Waals surface area (Å²) in [6, 6.07) is 2.03. The van der Waals surface area contributed by atoms with Crippen molar-refractivity contribution in [3.63, 3.8) is 0 Å². The molecule has 14 heavy (non-hydrogen) atoms. The lowest BCUT2D eigenvalue weighted by molar-refractivity contribution is 0.236. The molecule has 0 fully saturated rings. The van der Waals surface area contributed by atoms with Gasteiger partial charge in [-0.15, -0.1) is 0 Å². The molecule has 0 radical (unpaired) electrons. The maximum absolute atomic E-state index is 11.5. The highest BCUT2D eigenvalue weighted by Crippen LogP contribution is 2.31. The normalized spacial score (nSPS) is 24.0. The summed E-state index contributed by atoms with van der Waals surface area (Å²) < 4.78 is 1.75. The fraction of sp³-hybridized carbons (Fsp3) is 0.364. The molecule has 0 bridgehead atoms. The van der Waals surface area contributed by atoms with Gasteiger partial charge in [0.15, 0.2) is 0 Å². The van der Waals surface area contributed by atoms with Gasteiger partial charge in [-0.3, -0.25) is 4.57 Å². The van der Waals surface area contributed by atoms with Crippen molar-refractivity contribution in [2.45, 2.75) is 18.8 Å². The lowest BCUT2D eigenvalue weighted by atomic mass is 9.97. The van der Waals surface area contributed by atoms with Gasteiger partial charge < -0.3 is 5.32 Å². The van der Waals surface area contributed by atoms with Gasteiger partial charge in [0.25, 0.3) is 0 Å². The third kappa shape index (κ3) is 0.953. The second-order valence-electron chi connectivity index (χ2n) is 3.89. The Morgan fingerprint density at radius 2 is 2.43 bits per heavy atom. The predicted molar refractivity (Wildman–Crippen MR) is 54.2 cm³/mol. The maximum Gasteiger partial charge on any atom is 0.325 e. The van der Waals surface area contributed by atoms with Crippen molar-refractivity contribution in [1.82, 2.24) is 9.88 Å². The van der Waals surface area contributed by atoms with Gasteiger partial charge in [0.05, 0.1) is 0 Å². The largest absolute Gasteiger partial charge is 0.337 e. The Bertz CT molecular complexity index is 417. The van der Waals surface area contributed by atoms with Crippen molar-refractivity contribution in [3.8, 4) is 0 Å². The number of carbonyl (C=O) groups excluding carboxylic acids is 1. The zero-order valence-electron chi connectivity index (χ0n) is 7.86. The van der Waals surface area contributed by atoms with E-state index in [-0.39, 0.29) is 6.03 Å². The van der Waals surface area contributed by atoms with Crippen molar-refractivity contribution in [2.24, 2.45) is 0 Å². The van der Waals surface area contributed by atoms with Crippen LogP contribution in [0, 0.1) is 0 Å². The average molecular weight is 188 g/mol. The highest BCUT2D eigenvalue weighted by atomic mass is 16.2. The Morgan fingerprint density at radius 1 is 1.50 bits per heavy atom. The lowest BCUT2D eigenvalue weighted by Gasteiger charge is -2.24. The number of hydrogen-bond acceptors (Lipinski definition) is 1. The smallest absolute Gasteiger partial charge is 0.325 e. The van der Waals surface area contributed by atoms with Gasteiger partial charge in [0.2, 0.25) is 0 Å². The summed E-state index contributed by atoms with van der Waals surface area (Å²) in [7, 11) is 0. The average Bonchev–Trinajstić information content (AvgIpc) is 2.51. The van der Waals surface area contributed by atoms with Crippen molar-refractivity contribution in [1.29, 1.82) is 0 Å². The van der Waals surface area contributed by atoms with Crippen LogP contribution in [-0.2, 0) is 0 Å². The van der Waals surface area contributed by atoms with Gasteiger partial charge in [-0.05, 0) is 24.5 Å². The molecule has 1 aromatic heterocycles. The first kappa shape index (κ1) is 7.85. The lowest BCUT2D eigenvalue weighted by Crippen LogP contribution is -2.39. The molecule has 1 aromatic rings. The number of aromatic nitrogens is 1. The molecule has 1 N–H and O–H groups in total. The van der Waals surface area contributed by atoms with E-state index in [2.05, 4.69) is 17.5 Å². The maximum atomic E-state index is 11.5. The number of hydrogen-bond donors (Lipinski definition) is 1. The van der Waals surface area contributed by atoms with Crippen LogP contribution in [0.15, 0.2) is 18.3 Å². The third-order valence-electron chi connectivity index (χ3n) is 3.04. The number of nitrogens with one attached hydrogen (secondary N) is 1. The van der Waals surface area contributed by atoms with Crippen LogP contribution in [0.4, 0.5) is 4.79 Å². The van der Waals surface area contributed by atoms with E-state index < -0.39 is 0 Å². The molecule has 1 unspecified atom stereocenters. The second-order valence-corrected chi connectivity index (χ2v) is 3.89. The molecule has 3 heteroatoms. The summed E-state index contributed by atoms with van der Waals surface area (Å²) in [6.45, 7) is 0.789. The van der Waals surface area contributed by atoms with Crippen LogP contribution in [0.5, 0.6) is 0 Å². The van der Waals surface area contributed by atoms with Crippen molar-refractivity contribution in [2.75, 3.05) is 6.54 Å². The zero-order chi connectivity index (χ0) is 9.54. The summed E-state index contributed by atoms with van der Waals surface area (Å²) in [5, 5.41) is 2.91. The van der Waals surface area contributed by atoms with Crippen LogP contribution in [-0.4, -0.2) is 17.1 Å². The molecule has 2 heterocycles. The number of amides is 1. The minimum absolute atomic E-state index is 0.0119. The van der Waals surface area contributed by atoms with Gasteiger partial charge >= 0.3 is 6.03 Å². The molecule has 0 saturated carbocycles. The molecule has 1 aliphatic carbocycles. The fourth-order valence-electron chi connectivity index (χ4n) is 2.35. The third-order valence-corrected chi connectivity index (χ3v) is 3.04. The molecule has 0 spiro atoms. The van der Waals surface area contributed by atoms with E-state index in [1.165, 1.54) is 11.3 Å². The van der Waals surface area contributed by atoms with E-state index in [9.17, 15) is 4.79 Å². The predicted octanol–water partition coefficient (Wildman–Crippen LogP) is 1.95. The van der Waals surface area contributed by atoms with Gasteiger partial charge in [-0.1, -0.05) is 12.2 Å². The van der Waals surface area contributed by atoms with E-state index in [0.717, 1.165) is 19.4 Å². The Morgan fingerprint density at radius 3 is 3.36 bits per heavy atom.